The van der Waals surface area contributed by atoms with Crippen molar-refractivity contribution in [1.29, 1.82) is 0 Å². The van der Waals surface area contributed by atoms with Crippen molar-refractivity contribution < 1.29 is 14.3 Å². The topological polar surface area (TPSA) is 76.5 Å². The molecule has 4 aromatic rings. The number of fused-ring (bicyclic) bond motifs is 1. The Morgan fingerprint density at radius 1 is 1.03 bits per heavy atom. The summed E-state index contributed by atoms with van der Waals surface area (Å²) < 4.78 is 7.28. The summed E-state index contributed by atoms with van der Waals surface area (Å²) in [6.07, 6.45) is 6.01. The van der Waals surface area contributed by atoms with E-state index in [0.717, 1.165) is 47.0 Å². The normalized spacial score (nSPS) is 15.6. The van der Waals surface area contributed by atoms with Gasteiger partial charge < -0.3 is 15.0 Å². The minimum atomic E-state index is -0.200. The van der Waals surface area contributed by atoms with Gasteiger partial charge in [0.25, 0.3) is 5.91 Å². The standard InChI is InChI=1S/C29H30N4O3/c1-36-27-14-13-26(24-7-2-3-8-25(24)27)29(35)32-18-4-6-22(20-32)28(34)30-17-15-21-9-11-23(12-10-21)33-19-5-16-31-33/h2-3,5,7-14,16,19,22H,4,6,15,17-18,20H2,1H3,(H,30,34). The van der Waals surface area contributed by atoms with Crippen LogP contribution in [0, 0.1) is 5.92 Å². The molecule has 1 unspecified atom stereocenters. The van der Waals surface area contributed by atoms with Gasteiger partial charge in [0, 0.05) is 43.0 Å². The van der Waals surface area contributed by atoms with Gasteiger partial charge in [-0.1, -0.05) is 36.4 Å². The van der Waals surface area contributed by atoms with Gasteiger partial charge >= 0.3 is 0 Å². The zero-order valence-electron chi connectivity index (χ0n) is 20.4. The van der Waals surface area contributed by atoms with Crippen molar-refractivity contribution in [3.63, 3.8) is 0 Å². The molecule has 7 heteroatoms. The van der Waals surface area contributed by atoms with Gasteiger partial charge in [-0.3, -0.25) is 9.59 Å². The van der Waals surface area contributed by atoms with E-state index in [1.54, 1.807) is 13.3 Å². The number of benzene rings is 3. The summed E-state index contributed by atoms with van der Waals surface area (Å²) in [4.78, 5) is 28.2. The first-order valence-electron chi connectivity index (χ1n) is 12.4. The zero-order chi connectivity index (χ0) is 24.9. The number of piperidine rings is 1. The van der Waals surface area contributed by atoms with Crippen molar-refractivity contribution >= 4 is 22.6 Å². The van der Waals surface area contributed by atoms with Crippen LogP contribution in [0.15, 0.2) is 79.1 Å². The third-order valence-corrected chi connectivity index (χ3v) is 6.83. The highest BCUT2D eigenvalue weighted by Gasteiger charge is 2.29. The lowest BCUT2D eigenvalue weighted by molar-refractivity contribution is -0.126. The molecule has 1 atom stereocenters. The van der Waals surface area contributed by atoms with Crippen molar-refractivity contribution in [2.24, 2.45) is 5.92 Å². The van der Waals surface area contributed by atoms with Crippen molar-refractivity contribution in [3.8, 4) is 11.4 Å². The molecule has 0 radical (unpaired) electrons. The average Bonchev–Trinajstić information content (AvgIpc) is 3.48. The second kappa shape index (κ2) is 10.6. The zero-order valence-corrected chi connectivity index (χ0v) is 20.4. The lowest BCUT2D eigenvalue weighted by Gasteiger charge is -2.32. The summed E-state index contributed by atoms with van der Waals surface area (Å²) in [5.41, 5.74) is 2.80. The Morgan fingerprint density at radius 3 is 2.58 bits per heavy atom. The SMILES string of the molecule is COc1ccc(C(=O)N2CCCC(C(=O)NCCc3ccc(-n4cccn4)cc3)C2)c2ccccc12. The van der Waals surface area contributed by atoms with Crippen LogP contribution in [0.3, 0.4) is 0 Å². The van der Waals surface area contributed by atoms with E-state index in [4.69, 9.17) is 4.74 Å². The summed E-state index contributed by atoms with van der Waals surface area (Å²) in [6, 6.07) is 21.5. The highest BCUT2D eigenvalue weighted by atomic mass is 16.5. The van der Waals surface area contributed by atoms with Gasteiger partial charge in [-0.2, -0.15) is 5.10 Å². The van der Waals surface area contributed by atoms with Crippen LogP contribution in [0.2, 0.25) is 0 Å². The first-order valence-corrected chi connectivity index (χ1v) is 12.4. The molecule has 36 heavy (non-hydrogen) atoms. The molecule has 1 fully saturated rings. The van der Waals surface area contributed by atoms with Crippen molar-refractivity contribution in [2.45, 2.75) is 19.3 Å². The quantitative estimate of drug-likeness (QED) is 0.427. The van der Waals surface area contributed by atoms with E-state index >= 15 is 0 Å². The molecule has 0 aliphatic carbocycles. The Morgan fingerprint density at radius 2 is 1.83 bits per heavy atom. The molecule has 0 spiro atoms. The molecule has 1 aromatic heterocycles. The van der Waals surface area contributed by atoms with Gasteiger partial charge in [-0.15, -0.1) is 0 Å². The molecule has 1 saturated heterocycles. The largest absolute Gasteiger partial charge is 0.496 e. The second-order valence-electron chi connectivity index (χ2n) is 9.11. The summed E-state index contributed by atoms with van der Waals surface area (Å²) in [5.74, 6) is 0.521. The molecule has 2 amide bonds. The fourth-order valence-corrected chi connectivity index (χ4v) is 4.89. The van der Waals surface area contributed by atoms with Crippen LogP contribution in [-0.2, 0) is 11.2 Å². The molecular formula is C29H30N4O3. The molecule has 1 aliphatic rings. The number of nitrogens with one attached hydrogen (secondary N) is 1. The molecule has 2 heterocycles. The van der Waals surface area contributed by atoms with Crippen LogP contribution < -0.4 is 10.1 Å². The fourth-order valence-electron chi connectivity index (χ4n) is 4.89. The predicted molar refractivity (Wildman–Crippen MR) is 139 cm³/mol. The van der Waals surface area contributed by atoms with Gasteiger partial charge in [0.1, 0.15) is 5.75 Å². The number of likely N-dealkylation sites (tertiary alicyclic amines) is 1. The summed E-state index contributed by atoms with van der Waals surface area (Å²) in [5, 5.41) is 9.10. The first kappa shape index (κ1) is 23.6. The van der Waals surface area contributed by atoms with Gasteiger partial charge in [-0.25, -0.2) is 4.68 Å². The molecule has 1 N–H and O–H groups in total. The number of methoxy groups -OCH3 is 1. The lowest BCUT2D eigenvalue weighted by atomic mass is 9.95. The minimum absolute atomic E-state index is 0.0141. The Balaban J connectivity index is 1.18. The van der Waals surface area contributed by atoms with Gasteiger partial charge in [0.15, 0.2) is 0 Å². The number of carbonyl (C=O) groups is 2. The number of nitrogens with zero attached hydrogens (tertiary/aromatic N) is 3. The monoisotopic (exact) mass is 482 g/mol. The van der Waals surface area contributed by atoms with E-state index in [9.17, 15) is 9.59 Å². The van der Waals surface area contributed by atoms with Crippen molar-refractivity contribution in [3.05, 3.63) is 90.3 Å². The Kier molecular flexibility index (Phi) is 6.98. The maximum atomic E-state index is 13.4. The predicted octanol–water partition coefficient (Wildman–Crippen LogP) is 4.25. The third kappa shape index (κ3) is 4.96. The Bertz CT molecular complexity index is 1350. The van der Waals surface area contributed by atoms with E-state index in [-0.39, 0.29) is 17.7 Å². The lowest BCUT2D eigenvalue weighted by Crippen LogP contribution is -2.45. The average molecular weight is 483 g/mol. The van der Waals surface area contributed by atoms with Gasteiger partial charge in [-0.05, 0) is 60.5 Å². The molecule has 5 rings (SSSR count). The van der Waals surface area contributed by atoms with Crippen molar-refractivity contribution in [1.82, 2.24) is 20.0 Å². The molecule has 7 nitrogen and oxygen atoms in total. The highest BCUT2D eigenvalue weighted by molar-refractivity contribution is 6.08. The number of hydrogen-bond donors (Lipinski definition) is 1. The summed E-state index contributed by atoms with van der Waals surface area (Å²) >= 11 is 0. The van der Waals surface area contributed by atoms with E-state index in [1.807, 2.05) is 70.4 Å². The molecule has 3 aromatic carbocycles. The summed E-state index contributed by atoms with van der Waals surface area (Å²) in [7, 11) is 1.63. The maximum absolute atomic E-state index is 13.4. The first-order chi connectivity index (χ1) is 17.6. The molecular weight excluding hydrogens is 452 g/mol. The molecule has 184 valence electrons. The van der Waals surface area contributed by atoms with Gasteiger partial charge in [0.05, 0.1) is 18.7 Å². The molecule has 1 aliphatic heterocycles. The third-order valence-electron chi connectivity index (χ3n) is 6.83. The molecule has 0 bridgehead atoms. The second-order valence-corrected chi connectivity index (χ2v) is 9.11. The van der Waals surface area contributed by atoms with Crippen LogP contribution in [0.1, 0.15) is 28.8 Å². The van der Waals surface area contributed by atoms with Crippen LogP contribution in [0.25, 0.3) is 16.5 Å². The van der Waals surface area contributed by atoms with E-state index in [2.05, 4.69) is 22.5 Å². The number of amides is 2. The molecule has 0 saturated carbocycles. The number of hydrogen-bond acceptors (Lipinski definition) is 4. The minimum Gasteiger partial charge on any atom is -0.496 e. The highest BCUT2D eigenvalue weighted by Crippen LogP contribution is 2.30. The number of rotatable bonds is 7. The van der Waals surface area contributed by atoms with Crippen LogP contribution >= 0.6 is 0 Å². The van der Waals surface area contributed by atoms with E-state index < -0.39 is 0 Å². The van der Waals surface area contributed by atoms with Crippen LogP contribution in [0.4, 0.5) is 0 Å². The van der Waals surface area contributed by atoms with Crippen LogP contribution in [-0.4, -0.2) is 53.2 Å². The smallest absolute Gasteiger partial charge is 0.254 e. The summed E-state index contributed by atoms with van der Waals surface area (Å²) in [6.45, 7) is 1.66. The fraction of sp³-hybridized carbons (Fsp3) is 0.276. The van der Waals surface area contributed by atoms with Gasteiger partial charge in [0.2, 0.25) is 5.91 Å². The maximum Gasteiger partial charge on any atom is 0.254 e. The number of aromatic nitrogens is 2. The number of carbonyl (C=O) groups excluding carboxylic acids is 2. The Hall–Kier alpha value is -4.13. The van der Waals surface area contributed by atoms with Crippen LogP contribution in [0.5, 0.6) is 5.75 Å². The van der Waals surface area contributed by atoms with Crippen molar-refractivity contribution in [2.75, 3.05) is 26.7 Å². The van der Waals surface area contributed by atoms with E-state index in [0.29, 0.717) is 25.2 Å². The number of ether oxygens (including phenoxy) is 1. The Labute approximate surface area is 210 Å². The van der Waals surface area contributed by atoms with E-state index in [1.165, 1.54) is 0 Å².